The van der Waals surface area contributed by atoms with E-state index in [1.807, 2.05) is 0 Å². The molecule has 0 unspecified atom stereocenters. The molecule has 0 aliphatic rings. The number of nitrogens with zero attached hydrogens (tertiary/aromatic N) is 1. The van der Waals surface area contributed by atoms with Crippen molar-refractivity contribution in [1.29, 1.82) is 0 Å². The van der Waals surface area contributed by atoms with Gasteiger partial charge in [0.1, 0.15) is 0 Å². The Bertz CT molecular complexity index is 242. The predicted molar refractivity (Wildman–Crippen MR) is 100 cm³/mol. The van der Waals surface area contributed by atoms with E-state index in [2.05, 4.69) is 18.4 Å². The van der Waals surface area contributed by atoms with Gasteiger partial charge in [-0.2, -0.15) is 0 Å². The standard InChI is InChI=1S/C18H41NO3Si/c1-6-8-9-10-11-12-13-14-15-16-18-19(17-7-2)23(20-3,21-4)22-5/h6-18H2,1-5H3. The molecule has 0 rings (SSSR count). The molecule has 0 aliphatic heterocycles. The van der Waals surface area contributed by atoms with Gasteiger partial charge in [-0.3, -0.25) is 4.57 Å². The van der Waals surface area contributed by atoms with Crippen molar-refractivity contribution in [2.75, 3.05) is 34.4 Å². The fourth-order valence-electron chi connectivity index (χ4n) is 3.08. The highest BCUT2D eigenvalue weighted by Gasteiger charge is 2.45. The SMILES string of the molecule is CCCCCCCCCCCCN(CCC)[Si](OC)(OC)OC. The van der Waals surface area contributed by atoms with Crippen LogP contribution in [0.2, 0.25) is 0 Å². The summed E-state index contributed by atoms with van der Waals surface area (Å²) in [6.07, 6.45) is 14.7. The van der Waals surface area contributed by atoms with E-state index in [4.69, 9.17) is 13.3 Å². The van der Waals surface area contributed by atoms with Crippen LogP contribution >= 0.6 is 0 Å². The average Bonchev–Trinajstić information content (AvgIpc) is 2.58. The second-order valence-corrected chi connectivity index (χ2v) is 9.21. The Morgan fingerprint density at radius 2 is 1.00 bits per heavy atom. The molecule has 140 valence electrons. The van der Waals surface area contributed by atoms with E-state index in [1.165, 1.54) is 64.2 Å². The van der Waals surface area contributed by atoms with Crippen LogP contribution < -0.4 is 0 Å². The lowest BCUT2D eigenvalue weighted by atomic mass is 10.1. The minimum absolute atomic E-state index is 0.971. The van der Waals surface area contributed by atoms with Crippen molar-refractivity contribution in [3.63, 3.8) is 0 Å². The van der Waals surface area contributed by atoms with E-state index in [0.717, 1.165) is 19.5 Å². The summed E-state index contributed by atoms with van der Waals surface area (Å²) in [5, 5.41) is 0. The maximum Gasteiger partial charge on any atom is 0.598 e. The lowest BCUT2D eigenvalue weighted by Gasteiger charge is -2.35. The molecule has 0 amide bonds. The van der Waals surface area contributed by atoms with E-state index in [-0.39, 0.29) is 0 Å². The molecule has 0 radical (unpaired) electrons. The fourth-order valence-corrected chi connectivity index (χ4v) is 5.29. The molecule has 5 heteroatoms. The van der Waals surface area contributed by atoms with Gasteiger partial charge in [-0.15, -0.1) is 0 Å². The predicted octanol–water partition coefficient (Wildman–Crippen LogP) is 4.99. The molecular formula is C18H41NO3Si. The van der Waals surface area contributed by atoms with Gasteiger partial charge >= 0.3 is 8.97 Å². The topological polar surface area (TPSA) is 30.9 Å². The highest BCUT2D eigenvalue weighted by Crippen LogP contribution is 2.16. The minimum Gasteiger partial charge on any atom is -0.364 e. The fraction of sp³-hybridized carbons (Fsp3) is 1.00. The van der Waals surface area contributed by atoms with Crippen LogP contribution in [0.15, 0.2) is 0 Å². The van der Waals surface area contributed by atoms with Crippen molar-refractivity contribution in [2.24, 2.45) is 0 Å². The van der Waals surface area contributed by atoms with Crippen molar-refractivity contribution in [1.82, 2.24) is 4.57 Å². The summed E-state index contributed by atoms with van der Waals surface area (Å²) in [5.74, 6) is 0. The lowest BCUT2D eigenvalue weighted by molar-refractivity contribution is 0.0565. The average molecular weight is 348 g/mol. The summed E-state index contributed by atoms with van der Waals surface area (Å²) >= 11 is 0. The van der Waals surface area contributed by atoms with Crippen LogP contribution in [0.4, 0.5) is 0 Å². The van der Waals surface area contributed by atoms with Crippen LogP contribution in [-0.2, 0) is 13.3 Å². The molecule has 0 atom stereocenters. The quantitative estimate of drug-likeness (QED) is 0.274. The first-order chi connectivity index (χ1) is 11.2. The smallest absolute Gasteiger partial charge is 0.364 e. The zero-order valence-corrected chi connectivity index (χ0v) is 17.4. The summed E-state index contributed by atoms with van der Waals surface area (Å²) in [5.41, 5.74) is 0. The zero-order chi connectivity index (χ0) is 17.4. The van der Waals surface area contributed by atoms with E-state index >= 15 is 0 Å². The Kier molecular flexibility index (Phi) is 15.6. The van der Waals surface area contributed by atoms with E-state index < -0.39 is 8.97 Å². The first-order valence-corrected chi connectivity index (χ1v) is 11.3. The largest absolute Gasteiger partial charge is 0.598 e. The third-order valence-corrected chi connectivity index (χ3v) is 7.21. The molecule has 0 saturated heterocycles. The highest BCUT2D eigenvalue weighted by molar-refractivity contribution is 6.57. The van der Waals surface area contributed by atoms with E-state index in [1.54, 1.807) is 21.3 Å². The van der Waals surface area contributed by atoms with Gasteiger partial charge in [0, 0.05) is 21.3 Å². The van der Waals surface area contributed by atoms with Crippen molar-refractivity contribution in [2.45, 2.75) is 84.5 Å². The van der Waals surface area contributed by atoms with Gasteiger partial charge in [-0.05, 0) is 25.9 Å². The van der Waals surface area contributed by atoms with Gasteiger partial charge in [-0.1, -0.05) is 71.6 Å². The zero-order valence-electron chi connectivity index (χ0n) is 16.4. The number of unbranched alkanes of at least 4 members (excludes halogenated alkanes) is 9. The maximum atomic E-state index is 5.61. The van der Waals surface area contributed by atoms with Crippen molar-refractivity contribution >= 4 is 8.97 Å². The van der Waals surface area contributed by atoms with Crippen LogP contribution in [0.1, 0.15) is 84.5 Å². The normalized spacial score (nSPS) is 12.3. The molecule has 0 saturated carbocycles. The summed E-state index contributed by atoms with van der Waals surface area (Å²) in [7, 11) is 2.46. The summed E-state index contributed by atoms with van der Waals surface area (Å²) < 4.78 is 19.1. The van der Waals surface area contributed by atoms with Crippen LogP contribution in [-0.4, -0.2) is 48.0 Å². The molecule has 0 aromatic carbocycles. The van der Waals surface area contributed by atoms with Gasteiger partial charge in [0.2, 0.25) is 0 Å². The van der Waals surface area contributed by atoms with Crippen LogP contribution in [0.3, 0.4) is 0 Å². The van der Waals surface area contributed by atoms with E-state index in [0.29, 0.717) is 0 Å². The van der Waals surface area contributed by atoms with Crippen LogP contribution in [0.5, 0.6) is 0 Å². The highest BCUT2D eigenvalue weighted by atomic mass is 28.4. The summed E-state index contributed by atoms with van der Waals surface area (Å²) in [4.78, 5) is 0. The maximum absolute atomic E-state index is 5.61. The Labute approximate surface area is 146 Å². The third-order valence-electron chi connectivity index (χ3n) is 4.44. The Balaban J connectivity index is 3.84. The monoisotopic (exact) mass is 347 g/mol. The Morgan fingerprint density at radius 1 is 0.565 bits per heavy atom. The summed E-state index contributed by atoms with van der Waals surface area (Å²) in [6, 6.07) is 0. The van der Waals surface area contributed by atoms with Gasteiger partial charge in [0.05, 0.1) is 0 Å². The molecule has 4 nitrogen and oxygen atoms in total. The third kappa shape index (κ3) is 9.82. The van der Waals surface area contributed by atoms with Gasteiger partial charge < -0.3 is 13.3 Å². The van der Waals surface area contributed by atoms with Gasteiger partial charge in [0.25, 0.3) is 0 Å². The van der Waals surface area contributed by atoms with E-state index in [9.17, 15) is 0 Å². The van der Waals surface area contributed by atoms with Crippen molar-refractivity contribution in [3.8, 4) is 0 Å². The molecule has 0 N–H and O–H groups in total. The summed E-state index contributed by atoms with van der Waals surface area (Å²) in [6.45, 7) is 6.44. The molecule has 0 bridgehead atoms. The van der Waals surface area contributed by atoms with Crippen molar-refractivity contribution in [3.05, 3.63) is 0 Å². The van der Waals surface area contributed by atoms with Gasteiger partial charge in [0.15, 0.2) is 0 Å². The first-order valence-electron chi connectivity index (χ1n) is 9.61. The molecule has 0 aromatic rings. The molecular weight excluding hydrogens is 306 g/mol. The molecule has 0 aliphatic carbocycles. The number of hydrogen-bond donors (Lipinski definition) is 0. The lowest BCUT2D eigenvalue weighted by Crippen LogP contribution is -2.59. The molecule has 0 spiro atoms. The number of hydrogen-bond acceptors (Lipinski definition) is 4. The molecule has 0 aromatic heterocycles. The number of rotatable bonds is 17. The second kappa shape index (κ2) is 15.6. The minimum atomic E-state index is -2.63. The van der Waals surface area contributed by atoms with Crippen LogP contribution in [0, 0.1) is 0 Å². The molecule has 23 heavy (non-hydrogen) atoms. The second-order valence-electron chi connectivity index (χ2n) is 6.31. The Morgan fingerprint density at radius 3 is 1.39 bits per heavy atom. The molecule has 0 fully saturated rings. The first kappa shape index (κ1) is 23.1. The van der Waals surface area contributed by atoms with Crippen molar-refractivity contribution < 1.29 is 13.3 Å². The molecule has 0 heterocycles. The van der Waals surface area contributed by atoms with Crippen LogP contribution in [0.25, 0.3) is 0 Å². The Hall–Kier alpha value is 0.0569. The van der Waals surface area contributed by atoms with Gasteiger partial charge in [-0.25, -0.2) is 0 Å².